The van der Waals surface area contributed by atoms with Crippen LogP contribution in [0.5, 0.6) is 0 Å². The van der Waals surface area contributed by atoms with E-state index in [2.05, 4.69) is 55.7 Å². The van der Waals surface area contributed by atoms with Crippen molar-refractivity contribution < 1.29 is 0 Å². The number of hydrogen-bond acceptors (Lipinski definition) is 1. The van der Waals surface area contributed by atoms with E-state index < -0.39 is 0 Å². The van der Waals surface area contributed by atoms with Crippen LogP contribution in [0.15, 0.2) is 48.5 Å². The smallest absolute Gasteiger partial charge is 0.171 e. The van der Waals surface area contributed by atoms with Crippen molar-refractivity contribution in [2.24, 2.45) is 0 Å². The number of rotatable bonds is 3. The maximum atomic E-state index is 5.37. The van der Waals surface area contributed by atoms with Gasteiger partial charge in [-0.1, -0.05) is 36.4 Å². The van der Waals surface area contributed by atoms with E-state index in [1.807, 2.05) is 24.3 Å². The Balaban J connectivity index is 1.97. The van der Waals surface area contributed by atoms with Gasteiger partial charge in [0, 0.05) is 5.69 Å². The minimum absolute atomic E-state index is 0.183. The van der Waals surface area contributed by atoms with Gasteiger partial charge in [-0.05, 0) is 61.8 Å². The van der Waals surface area contributed by atoms with Crippen LogP contribution >= 0.6 is 12.2 Å². The van der Waals surface area contributed by atoms with E-state index in [9.17, 15) is 0 Å². The quantitative estimate of drug-likeness (QED) is 0.819. The molecule has 0 unspecified atom stereocenters. The Morgan fingerprint density at radius 3 is 2.35 bits per heavy atom. The van der Waals surface area contributed by atoms with Crippen LogP contribution < -0.4 is 10.6 Å². The standard InChI is InChI=1S/C17H20N2S/c1-12-9-10-16(11-13(12)2)19-17(20)18-14(3)15-7-5-4-6-8-15/h4-11,14H,1-3H3,(H2,18,19,20)/t14-/m0/s1. The minimum Gasteiger partial charge on any atom is -0.356 e. The molecule has 2 aromatic rings. The van der Waals surface area contributed by atoms with Gasteiger partial charge in [0.05, 0.1) is 6.04 Å². The molecule has 0 radical (unpaired) electrons. The van der Waals surface area contributed by atoms with Gasteiger partial charge in [-0.3, -0.25) is 0 Å². The summed E-state index contributed by atoms with van der Waals surface area (Å²) in [5, 5.41) is 7.17. The Morgan fingerprint density at radius 1 is 1.00 bits per heavy atom. The molecular formula is C17H20N2S. The molecule has 0 bridgehead atoms. The van der Waals surface area contributed by atoms with Crippen molar-refractivity contribution in [3.63, 3.8) is 0 Å². The largest absolute Gasteiger partial charge is 0.356 e. The SMILES string of the molecule is Cc1ccc(NC(=S)N[C@@H](C)c2ccccc2)cc1C. The van der Waals surface area contributed by atoms with Gasteiger partial charge in [-0.2, -0.15) is 0 Å². The molecule has 2 N–H and O–H groups in total. The van der Waals surface area contributed by atoms with Crippen LogP contribution in [-0.4, -0.2) is 5.11 Å². The summed E-state index contributed by atoms with van der Waals surface area (Å²) in [6.07, 6.45) is 0. The lowest BCUT2D eigenvalue weighted by molar-refractivity contribution is 0.722. The first-order valence-corrected chi connectivity index (χ1v) is 7.17. The molecule has 3 heteroatoms. The normalized spacial score (nSPS) is 11.8. The van der Waals surface area contributed by atoms with Crippen molar-refractivity contribution in [3.05, 3.63) is 65.2 Å². The van der Waals surface area contributed by atoms with Gasteiger partial charge in [0.25, 0.3) is 0 Å². The second-order valence-electron chi connectivity index (χ2n) is 5.03. The van der Waals surface area contributed by atoms with Gasteiger partial charge in [-0.25, -0.2) is 0 Å². The van der Waals surface area contributed by atoms with Crippen molar-refractivity contribution >= 4 is 23.0 Å². The maximum Gasteiger partial charge on any atom is 0.171 e. The summed E-state index contributed by atoms with van der Waals surface area (Å²) in [5.41, 5.74) is 4.78. The fourth-order valence-electron chi connectivity index (χ4n) is 2.01. The Labute approximate surface area is 126 Å². The monoisotopic (exact) mass is 284 g/mol. The predicted octanol–water partition coefficient (Wildman–Crippen LogP) is 4.35. The molecule has 2 rings (SSSR count). The molecule has 0 spiro atoms. The summed E-state index contributed by atoms with van der Waals surface area (Å²) in [6.45, 7) is 6.31. The highest BCUT2D eigenvalue weighted by molar-refractivity contribution is 7.80. The van der Waals surface area contributed by atoms with Crippen LogP contribution in [0.25, 0.3) is 0 Å². The molecular weight excluding hydrogens is 264 g/mol. The van der Waals surface area contributed by atoms with Gasteiger partial charge in [0.1, 0.15) is 0 Å². The molecule has 2 nitrogen and oxygen atoms in total. The van der Waals surface area contributed by atoms with Crippen molar-refractivity contribution in [1.29, 1.82) is 0 Å². The van der Waals surface area contributed by atoms with Crippen molar-refractivity contribution in [1.82, 2.24) is 5.32 Å². The number of hydrogen-bond donors (Lipinski definition) is 2. The molecule has 0 aliphatic heterocycles. The van der Waals surface area contributed by atoms with Gasteiger partial charge in [0.2, 0.25) is 0 Å². The lowest BCUT2D eigenvalue weighted by atomic mass is 10.1. The fourth-order valence-corrected chi connectivity index (χ4v) is 2.30. The first-order valence-electron chi connectivity index (χ1n) is 6.76. The Hall–Kier alpha value is -1.87. The summed E-state index contributed by atoms with van der Waals surface area (Å²) in [7, 11) is 0. The fraction of sp³-hybridized carbons (Fsp3) is 0.235. The molecule has 0 amide bonds. The van der Waals surface area contributed by atoms with E-state index >= 15 is 0 Å². The Morgan fingerprint density at radius 2 is 1.70 bits per heavy atom. The molecule has 0 heterocycles. The van der Waals surface area contributed by atoms with E-state index in [0.29, 0.717) is 5.11 Å². The summed E-state index contributed by atoms with van der Waals surface area (Å²) < 4.78 is 0. The first-order chi connectivity index (χ1) is 9.56. The lowest BCUT2D eigenvalue weighted by Gasteiger charge is -2.17. The number of aryl methyl sites for hydroxylation is 2. The molecule has 0 fully saturated rings. The zero-order valence-electron chi connectivity index (χ0n) is 12.1. The average molecular weight is 284 g/mol. The van der Waals surface area contributed by atoms with Gasteiger partial charge < -0.3 is 10.6 Å². The average Bonchev–Trinajstić information content (AvgIpc) is 2.44. The summed E-state index contributed by atoms with van der Waals surface area (Å²) in [6, 6.07) is 16.7. The van der Waals surface area contributed by atoms with E-state index in [-0.39, 0.29) is 6.04 Å². The molecule has 2 aromatic carbocycles. The third-order valence-corrected chi connectivity index (χ3v) is 3.63. The number of thiocarbonyl (C=S) groups is 1. The van der Waals surface area contributed by atoms with Crippen molar-refractivity contribution in [2.75, 3.05) is 5.32 Å². The maximum absolute atomic E-state index is 5.37. The van der Waals surface area contributed by atoms with E-state index in [0.717, 1.165) is 5.69 Å². The second kappa shape index (κ2) is 6.53. The van der Waals surface area contributed by atoms with Crippen LogP contribution in [0.1, 0.15) is 29.7 Å². The topological polar surface area (TPSA) is 24.1 Å². The first kappa shape index (κ1) is 14.5. The molecule has 20 heavy (non-hydrogen) atoms. The summed E-state index contributed by atoms with van der Waals surface area (Å²) >= 11 is 5.37. The third-order valence-electron chi connectivity index (χ3n) is 3.41. The number of anilines is 1. The summed E-state index contributed by atoms with van der Waals surface area (Å²) in [4.78, 5) is 0. The van der Waals surface area contributed by atoms with Gasteiger partial charge in [-0.15, -0.1) is 0 Å². The Bertz CT molecular complexity index is 593. The zero-order chi connectivity index (χ0) is 14.5. The molecule has 0 saturated heterocycles. The van der Waals surface area contributed by atoms with Crippen LogP contribution in [0.3, 0.4) is 0 Å². The molecule has 0 saturated carbocycles. The predicted molar refractivity (Wildman–Crippen MR) is 90.1 cm³/mol. The van der Waals surface area contributed by atoms with Crippen LogP contribution in [0.2, 0.25) is 0 Å². The van der Waals surface area contributed by atoms with Crippen LogP contribution in [0.4, 0.5) is 5.69 Å². The van der Waals surface area contributed by atoms with Crippen molar-refractivity contribution in [3.8, 4) is 0 Å². The van der Waals surface area contributed by atoms with Gasteiger partial charge in [0.15, 0.2) is 5.11 Å². The Kier molecular flexibility index (Phi) is 4.74. The van der Waals surface area contributed by atoms with Crippen molar-refractivity contribution in [2.45, 2.75) is 26.8 Å². The van der Waals surface area contributed by atoms with E-state index in [1.54, 1.807) is 0 Å². The molecule has 1 atom stereocenters. The highest BCUT2D eigenvalue weighted by Crippen LogP contribution is 2.15. The van der Waals surface area contributed by atoms with Gasteiger partial charge >= 0.3 is 0 Å². The second-order valence-corrected chi connectivity index (χ2v) is 5.44. The zero-order valence-corrected chi connectivity index (χ0v) is 12.9. The van der Waals surface area contributed by atoms with Crippen LogP contribution in [-0.2, 0) is 0 Å². The summed E-state index contributed by atoms with van der Waals surface area (Å²) in [5.74, 6) is 0. The highest BCUT2D eigenvalue weighted by Gasteiger charge is 2.06. The molecule has 104 valence electrons. The number of benzene rings is 2. The lowest BCUT2D eigenvalue weighted by Crippen LogP contribution is -2.30. The van der Waals surface area contributed by atoms with E-state index in [4.69, 9.17) is 12.2 Å². The van der Waals surface area contributed by atoms with Crippen LogP contribution in [0, 0.1) is 13.8 Å². The highest BCUT2D eigenvalue weighted by atomic mass is 32.1. The van der Waals surface area contributed by atoms with E-state index in [1.165, 1.54) is 16.7 Å². The molecule has 0 aliphatic rings. The third kappa shape index (κ3) is 3.81. The molecule has 0 aliphatic carbocycles. The molecule has 0 aromatic heterocycles. The number of nitrogens with one attached hydrogen (secondary N) is 2. The minimum atomic E-state index is 0.183.